The van der Waals surface area contributed by atoms with Crippen molar-refractivity contribution in [1.29, 1.82) is 0 Å². The predicted octanol–water partition coefficient (Wildman–Crippen LogP) is 4.57. The third-order valence-corrected chi connectivity index (χ3v) is 9.32. The van der Waals surface area contributed by atoms with Crippen LogP contribution >= 0.6 is 0 Å². The molecule has 6 fully saturated rings. The maximum atomic E-state index is 12.9. The van der Waals surface area contributed by atoms with E-state index >= 15 is 0 Å². The monoisotopic (exact) mass is 302 g/mol. The van der Waals surface area contributed by atoms with Gasteiger partial charge in [0.25, 0.3) is 0 Å². The Hall–Kier alpha value is -0.530. The molecular formula is C20H30O2. The molecule has 22 heavy (non-hydrogen) atoms. The van der Waals surface area contributed by atoms with Crippen molar-refractivity contribution in [3.05, 3.63) is 0 Å². The maximum absolute atomic E-state index is 12.9. The highest BCUT2D eigenvalue weighted by Gasteiger charge is 2.86. The van der Waals surface area contributed by atoms with Crippen molar-refractivity contribution in [3.63, 3.8) is 0 Å². The molecule has 0 aromatic carbocycles. The van der Waals surface area contributed by atoms with Gasteiger partial charge in [0, 0.05) is 5.92 Å². The largest absolute Gasteiger partial charge is 0.459 e. The lowest BCUT2D eigenvalue weighted by atomic mass is 9.44. The van der Waals surface area contributed by atoms with Crippen molar-refractivity contribution < 1.29 is 9.53 Å². The Labute approximate surface area is 134 Å². The third kappa shape index (κ3) is 1.17. The van der Waals surface area contributed by atoms with E-state index in [0.717, 1.165) is 37.0 Å². The SMILES string of the molecule is CC(C)C1CCC2C1(C)CCC13CCC(C)(OC1=O)C1CC123. The van der Waals surface area contributed by atoms with Crippen LogP contribution in [0.25, 0.3) is 0 Å². The van der Waals surface area contributed by atoms with Crippen molar-refractivity contribution >= 4 is 5.97 Å². The molecule has 7 atom stereocenters. The first-order valence-corrected chi connectivity index (χ1v) is 9.54. The van der Waals surface area contributed by atoms with Crippen molar-refractivity contribution in [1.82, 2.24) is 0 Å². The second kappa shape index (κ2) is 3.59. The molecule has 0 aromatic rings. The van der Waals surface area contributed by atoms with Gasteiger partial charge in [-0.3, -0.25) is 4.79 Å². The molecule has 2 heterocycles. The number of hydrogen-bond acceptors (Lipinski definition) is 2. The van der Waals surface area contributed by atoms with E-state index < -0.39 is 0 Å². The highest BCUT2D eigenvalue weighted by atomic mass is 16.6. The van der Waals surface area contributed by atoms with Crippen LogP contribution in [0.1, 0.15) is 72.6 Å². The van der Waals surface area contributed by atoms with Gasteiger partial charge in [-0.15, -0.1) is 0 Å². The molecule has 2 heteroatoms. The van der Waals surface area contributed by atoms with Crippen molar-refractivity contribution in [2.45, 2.75) is 78.2 Å². The molecule has 122 valence electrons. The van der Waals surface area contributed by atoms with Crippen molar-refractivity contribution in [3.8, 4) is 0 Å². The summed E-state index contributed by atoms with van der Waals surface area (Å²) in [6.45, 7) is 9.62. The average molecular weight is 302 g/mol. The lowest BCUT2D eigenvalue weighted by molar-refractivity contribution is -0.236. The van der Waals surface area contributed by atoms with E-state index in [2.05, 4.69) is 27.7 Å². The smallest absolute Gasteiger partial charge is 0.313 e. The fraction of sp³-hybridized carbons (Fsp3) is 0.950. The lowest BCUT2D eigenvalue weighted by Crippen LogP contribution is -2.64. The van der Waals surface area contributed by atoms with E-state index in [1.165, 1.54) is 25.7 Å². The lowest BCUT2D eigenvalue weighted by Gasteiger charge is -2.62. The van der Waals surface area contributed by atoms with Crippen LogP contribution in [0.4, 0.5) is 0 Å². The fourth-order valence-electron chi connectivity index (χ4n) is 8.39. The first-order chi connectivity index (χ1) is 10.3. The van der Waals surface area contributed by atoms with Crippen molar-refractivity contribution in [2.75, 3.05) is 0 Å². The average Bonchev–Trinajstić information content (AvgIpc) is 3.11. The topological polar surface area (TPSA) is 26.3 Å². The zero-order chi connectivity index (χ0) is 15.5. The Morgan fingerprint density at radius 2 is 1.77 bits per heavy atom. The molecule has 7 unspecified atom stereocenters. The first kappa shape index (κ1) is 13.9. The number of esters is 1. The number of ether oxygens (including phenoxy) is 1. The molecular weight excluding hydrogens is 272 g/mol. The van der Waals surface area contributed by atoms with Gasteiger partial charge in [-0.05, 0) is 80.5 Å². The zero-order valence-electron chi connectivity index (χ0n) is 14.6. The summed E-state index contributed by atoms with van der Waals surface area (Å²) in [5, 5.41) is 0. The van der Waals surface area contributed by atoms with Crippen LogP contribution in [0.2, 0.25) is 0 Å². The number of carbonyl (C=O) groups excluding carboxylic acids is 1. The van der Waals surface area contributed by atoms with Gasteiger partial charge in [-0.1, -0.05) is 20.8 Å². The molecule has 2 aliphatic heterocycles. The molecule has 4 aliphatic carbocycles. The minimum absolute atomic E-state index is 0.0918. The Balaban J connectivity index is 1.63. The summed E-state index contributed by atoms with van der Waals surface area (Å²) in [6.07, 6.45) is 8.60. The van der Waals surface area contributed by atoms with E-state index in [9.17, 15) is 4.79 Å². The van der Waals surface area contributed by atoms with Crippen LogP contribution in [0.5, 0.6) is 0 Å². The summed E-state index contributed by atoms with van der Waals surface area (Å²) < 4.78 is 6.00. The Morgan fingerprint density at radius 3 is 2.45 bits per heavy atom. The highest BCUT2D eigenvalue weighted by Crippen LogP contribution is 2.86. The van der Waals surface area contributed by atoms with Gasteiger partial charge in [0.15, 0.2) is 0 Å². The van der Waals surface area contributed by atoms with Crippen LogP contribution in [-0.4, -0.2) is 11.6 Å². The molecule has 2 nitrogen and oxygen atoms in total. The van der Waals surface area contributed by atoms with Gasteiger partial charge in [0.2, 0.25) is 0 Å². The summed E-state index contributed by atoms with van der Waals surface area (Å²) >= 11 is 0. The van der Waals surface area contributed by atoms with Crippen LogP contribution < -0.4 is 0 Å². The standard InChI is InChI=1S/C20H30O2/c1-12(2)13-5-6-14-17(13,3)7-9-19-10-8-18(4,22-16(19)21)15-11-20(14,15)19/h12-15H,5-11H2,1-4H3. The van der Waals surface area contributed by atoms with Crippen molar-refractivity contribution in [2.24, 2.45) is 39.9 Å². The van der Waals surface area contributed by atoms with Gasteiger partial charge in [-0.2, -0.15) is 0 Å². The van der Waals surface area contributed by atoms with E-state index in [1.54, 1.807) is 0 Å². The fourth-order valence-corrected chi connectivity index (χ4v) is 8.39. The highest BCUT2D eigenvalue weighted by molar-refractivity contribution is 5.82. The second-order valence-electron chi connectivity index (χ2n) is 10.1. The molecule has 0 aromatic heterocycles. The Morgan fingerprint density at radius 1 is 1.05 bits per heavy atom. The minimum Gasteiger partial charge on any atom is -0.459 e. The van der Waals surface area contributed by atoms with E-state index in [0.29, 0.717) is 16.7 Å². The molecule has 0 N–H and O–H groups in total. The Kier molecular flexibility index (Phi) is 2.27. The van der Waals surface area contributed by atoms with E-state index in [-0.39, 0.29) is 17.0 Å². The van der Waals surface area contributed by atoms with Crippen LogP contribution in [0.15, 0.2) is 0 Å². The summed E-state index contributed by atoms with van der Waals surface area (Å²) in [7, 11) is 0. The quantitative estimate of drug-likeness (QED) is 0.663. The molecule has 2 spiro atoms. The number of rotatable bonds is 1. The van der Waals surface area contributed by atoms with Gasteiger partial charge in [0.1, 0.15) is 5.60 Å². The van der Waals surface area contributed by atoms with Crippen LogP contribution in [0.3, 0.4) is 0 Å². The second-order valence-corrected chi connectivity index (χ2v) is 10.1. The molecule has 0 radical (unpaired) electrons. The summed E-state index contributed by atoms with van der Waals surface area (Å²) in [4.78, 5) is 12.9. The molecule has 2 saturated heterocycles. The molecule has 0 amide bonds. The summed E-state index contributed by atoms with van der Waals surface area (Å²) in [6, 6.07) is 0. The third-order valence-electron chi connectivity index (χ3n) is 9.32. The van der Waals surface area contributed by atoms with Crippen LogP contribution in [0, 0.1) is 39.9 Å². The molecule has 6 rings (SSSR count). The van der Waals surface area contributed by atoms with E-state index in [1.807, 2.05) is 0 Å². The molecule has 4 saturated carbocycles. The van der Waals surface area contributed by atoms with Gasteiger partial charge in [0.05, 0.1) is 5.41 Å². The summed E-state index contributed by atoms with van der Waals surface area (Å²) in [5.41, 5.74) is 0.576. The van der Waals surface area contributed by atoms with Gasteiger partial charge in [-0.25, -0.2) is 0 Å². The van der Waals surface area contributed by atoms with Gasteiger partial charge < -0.3 is 4.74 Å². The molecule has 6 aliphatic rings. The number of hydrogen-bond donors (Lipinski definition) is 0. The van der Waals surface area contributed by atoms with Gasteiger partial charge >= 0.3 is 5.97 Å². The van der Waals surface area contributed by atoms with Crippen LogP contribution in [-0.2, 0) is 9.53 Å². The number of fused-ring (bicyclic) bond motifs is 3. The summed E-state index contributed by atoms with van der Waals surface area (Å²) in [5.74, 6) is 3.27. The number of carbonyl (C=O) groups is 1. The van der Waals surface area contributed by atoms with E-state index in [4.69, 9.17) is 4.74 Å². The first-order valence-electron chi connectivity index (χ1n) is 9.54. The normalized spacial score (nSPS) is 61.5. The zero-order valence-corrected chi connectivity index (χ0v) is 14.6. The Bertz CT molecular complexity index is 568. The maximum Gasteiger partial charge on any atom is 0.313 e. The minimum atomic E-state index is -0.132. The molecule has 2 bridgehead atoms. The predicted molar refractivity (Wildman–Crippen MR) is 85.1 cm³/mol.